The molecular weight excluding hydrogens is 262 g/mol. The maximum atomic E-state index is 11.8. The molecule has 0 aliphatic carbocycles. The van der Waals surface area contributed by atoms with E-state index < -0.39 is 15.6 Å². The highest BCUT2D eigenvalue weighted by Crippen LogP contribution is 2.25. The van der Waals surface area contributed by atoms with Crippen molar-refractivity contribution in [3.05, 3.63) is 12.3 Å². The predicted molar refractivity (Wildman–Crippen MR) is 80.4 cm³/mol. The van der Waals surface area contributed by atoms with E-state index in [9.17, 15) is 8.42 Å². The number of sulfonamides is 1. The monoisotopic (exact) mass is 291 g/mol. The van der Waals surface area contributed by atoms with Crippen LogP contribution < -0.4 is 0 Å². The van der Waals surface area contributed by atoms with Gasteiger partial charge in [0.25, 0.3) is 0 Å². The van der Waals surface area contributed by atoms with Gasteiger partial charge < -0.3 is 4.74 Å². The number of rotatable bonds is 5. The lowest BCUT2D eigenvalue weighted by molar-refractivity contribution is 0.0326. The fourth-order valence-electron chi connectivity index (χ4n) is 1.48. The lowest BCUT2D eigenvalue weighted by Crippen LogP contribution is -2.46. The van der Waals surface area contributed by atoms with Crippen LogP contribution in [-0.4, -0.2) is 37.2 Å². The molecule has 0 aromatic heterocycles. The standard InChI is InChI=1S/C14H29NO3S/c1-11(18-12(2)13(3,4)5)10-15(14(6,7)8)19(9,16)17/h12H,1,10H2,2-9H3. The van der Waals surface area contributed by atoms with Crippen LogP contribution in [0, 0.1) is 5.41 Å². The smallest absolute Gasteiger partial charge is 0.212 e. The van der Waals surface area contributed by atoms with Crippen LogP contribution >= 0.6 is 0 Å². The molecule has 0 rings (SSSR count). The minimum atomic E-state index is -3.30. The summed E-state index contributed by atoms with van der Waals surface area (Å²) in [6.45, 7) is 17.8. The number of nitrogens with zero attached hydrogens (tertiary/aromatic N) is 1. The van der Waals surface area contributed by atoms with E-state index in [-0.39, 0.29) is 18.1 Å². The molecule has 4 nitrogen and oxygen atoms in total. The Morgan fingerprint density at radius 3 is 1.89 bits per heavy atom. The maximum Gasteiger partial charge on any atom is 0.212 e. The Morgan fingerprint density at radius 1 is 1.21 bits per heavy atom. The Labute approximate surface area is 118 Å². The summed E-state index contributed by atoms with van der Waals surface area (Å²) in [7, 11) is -3.30. The molecule has 0 fully saturated rings. The SMILES string of the molecule is C=C(CN(C(C)(C)C)S(C)(=O)=O)OC(C)C(C)(C)C. The first-order valence-electron chi connectivity index (χ1n) is 6.48. The molecule has 1 unspecified atom stereocenters. The Morgan fingerprint density at radius 2 is 1.63 bits per heavy atom. The van der Waals surface area contributed by atoms with E-state index in [0.29, 0.717) is 5.76 Å². The fraction of sp³-hybridized carbons (Fsp3) is 0.857. The highest BCUT2D eigenvalue weighted by atomic mass is 32.2. The van der Waals surface area contributed by atoms with Crippen LogP contribution in [0.25, 0.3) is 0 Å². The first kappa shape index (κ1) is 18.4. The third-order valence-electron chi connectivity index (χ3n) is 3.03. The van der Waals surface area contributed by atoms with E-state index in [1.54, 1.807) is 0 Å². The molecular formula is C14H29NO3S. The predicted octanol–water partition coefficient (Wildman–Crippen LogP) is 3.01. The summed E-state index contributed by atoms with van der Waals surface area (Å²) >= 11 is 0. The fourth-order valence-corrected chi connectivity index (χ4v) is 2.85. The summed E-state index contributed by atoms with van der Waals surface area (Å²) in [6.07, 6.45) is 1.18. The summed E-state index contributed by atoms with van der Waals surface area (Å²) in [5.41, 5.74) is -0.508. The Kier molecular flexibility index (Phi) is 5.67. The lowest BCUT2D eigenvalue weighted by atomic mass is 9.90. The molecule has 0 bridgehead atoms. The van der Waals surface area contributed by atoms with E-state index in [0.717, 1.165) is 0 Å². The molecule has 5 heteroatoms. The van der Waals surface area contributed by atoms with Gasteiger partial charge in [0.05, 0.1) is 12.8 Å². The molecule has 0 saturated heterocycles. The highest BCUT2D eigenvalue weighted by Gasteiger charge is 2.31. The molecule has 0 saturated carbocycles. The Hall–Kier alpha value is -0.550. The van der Waals surface area contributed by atoms with Crippen LogP contribution in [0.4, 0.5) is 0 Å². The Balaban J connectivity index is 4.87. The molecule has 0 aromatic carbocycles. The lowest BCUT2D eigenvalue weighted by Gasteiger charge is -2.35. The zero-order chi connectivity index (χ0) is 15.6. The van der Waals surface area contributed by atoms with Crippen LogP contribution in [-0.2, 0) is 14.8 Å². The van der Waals surface area contributed by atoms with E-state index in [1.807, 2.05) is 27.7 Å². The molecule has 0 heterocycles. The topological polar surface area (TPSA) is 46.6 Å². The third-order valence-corrected chi connectivity index (χ3v) is 4.51. The van der Waals surface area contributed by atoms with E-state index in [4.69, 9.17) is 4.74 Å². The molecule has 0 spiro atoms. The quantitative estimate of drug-likeness (QED) is 0.732. The van der Waals surface area contributed by atoms with Gasteiger partial charge in [-0.3, -0.25) is 0 Å². The molecule has 0 amide bonds. The van der Waals surface area contributed by atoms with Crippen molar-refractivity contribution in [2.75, 3.05) is 12.8 Å². The average molecular weight is 291 g/mol. The Bertz CT molecular complexity index is 413. The number of ether oxygens (including phenoxy) is 1. The van der Waals surface area contributed by atoms with Crippen molar-refractivity contribution in [1.29, 1.82) is 0 Å². The molecule has 0 aromatic rings. The van der Waals surface area contributed by atoms with Crippen LogP contribution in [0.3, 0.4) is 0 Å². The molecule has 0 radical (unpaired) electrons. The molecule has 0 N–H and O–H groups in total. The van der Waals surface area contributed by atoms with Gasteiger partial charge in [0.1, 0.15) is 11.9 Å². The minimum absolute atomic E-state index is 0.0133. The normalized spacial score (nSPS) is 15.4. The van der Waals surface area contributed by atoms with Gasteiger partial charge in [0.15, 0.2) is 0 Å². The third kappa shape index (κ3) is 6.43. The summed E-state index contributed by atoms with van der Waals surface area (Å²) in [5, 5.41) is 0. The van der Waals surface area contributed by atoms with Gasteiger partial charge in [-0.15, -0.1) is 0 Å². The van der Waals surface area contributed by atoms with Crippen molar-refractivity contribution in [3.8, 4) is 0 Å². The van der Waals surface area contributed by atoms with E-state index >= 15 is 0 Å². The number of hydrogen-bond acceptors (Lipinski definition) is 3. The van der Waals surface area contributed by atoms with Crippen LogP contribution in [0.2, 0.25) is 0 Å². The molecule has 1 atom stereocenters. The van der Waals surface area contributed by atoms with Gasteiger partial charge >= 0.3 is 0 Å². The zero-order valence-electron chi connectivity index (χ0n) is 13.6. The van der Waals surface area contributed by atoms with Gasteiger partial charge in [-0.1, -0.05) is 27.4 Å². The second-order valence-corrected chi connectivity index (χ2v) is 9.01. The average Bonchev–Trinajstić information content (AvgIpc) is 2.08. The minimum Gasteiger partial charge on any atom is -0.494 e. The first-order valence-corrected chi connectivity index (χ1v) is 8.33. The largest absolute Gasteiger partial charge is 0.494 e. The van der Waals surface area contributed by atoms with Gasteiger partial charge in [0, 0.05) is 5.54 Å². The van der Waals surface area contributed by atoms with Crippen LogP contribution in [0.1, 0.15) is 48.5 Å². The summed E-state index contributed by atoms with van der Waals surface area (Å²) in [4.78, 5) is 0. The van der Waals surface area contributed by atoms with Crippen LogP contribution in [0.5, 0.6) is 0 Å². The van der Waals surface area contributed by atoms with Crippen molar-refractivity contribution in [2.45, 2.75) is 60.1 Å². The van der Waals surface area contributed by atoms with Gasteiger partial charge in [-0.05, 0) is 33.1 Å². The van der Waals surface area contributed by atoms with Gasteiger partial charge in [-0.2, -0.15) is 4.31 Å². The zero-order valence-corrected chi connectivity index (χ0v) is 14.4. The van der Waals surface area contributed by atoms with Crippen molar-refractivity contribution in [3.63, 3.8) is 0 Å². The molecule has 114 valence electrons. The first-order chi connectivity index (χ1) is 8.15. The van der Waals surface area contributed by atoms with E-state index in [2.05, 4.69) is 27.4 Å². The van der Waals surface area contributed by atoms with Crippen molar-refractivity contribution >= 4 is 10.0 Å². The second-order valence-electron chi connectivity index (χ2n) is 7.11. The maximum absolute atomic E-state index is 11.8. The molecule has 19 heavy (non-hydrogen) atoms. The summed E-state index contributed by atoms with van der Waals surface area (Å²) in [5.74, 6) is 0.475. The second kappa shape index (κ2) is 5.83. The summed E-state index contributed by atoms with van der Waals surface area (Å²) < 4.78 is 30.8. The highest BCUT2D eigenvalue weighted by molar-refractivity contribution is 7.88. The van der Waals surface area contributed by atoms with Gasteiger partial charge in [-0.25, -0.2) is 8.42 Å². The number of hydrogen-bond donors (Lipinski definition) is 0. The van der Waals surface area contributed by atoms with Crippen molar-refractivity contribution in [2.24, 2.45) is 5.41 Å². The van der Waals surface area contributed by atoms with Crippen molar-refractivity contribution in [1.82, 2.24) is 4.31 Å². The molecule has 0 aliphatic heterocycles. The van der Waals surface area contributed by atoms with Crippen molar-refractivity contribution < 1.29 is 13.2 Å². The van der Waals surface area contributed by atoms with E-state index in [1.165, 1.54) is 10.6 Å². The van der Waals surface area contributed by atoms with Gasteiger partial charge in [0.2, 0.25) is 10.0 Å². The molecule has 0 aliphatic rings. The van der Waals surface area contributed by atoms with Crippen LogP contribution in [0.15, 0.2) is 12.3 Å². The summed E-state index contributed by atoms with van der Waals surface area (Å²) in [6, 6.07) is 0.